The van der Waals surface area contributed by atoms with Gasteiger partial charge in [-0.15, -0.1) is 0 Å². The van der Waals surface area contributed by atoms with E-state index in [4.69, 9.17) is 22.4 Å². The van der Waals surface area contributed by atoms with Gasteiger partial charge in [0.2, 0.25) is 0 Å². The standard InChI is InChI=1S/C10H13ClN4O/c11-9-8(12)10(14-5-13-9)15-7-2-1-6(3-7)4-16/h1-2,5-7,16H,3-4,12H2,(H,13,14,15)/t6-,7+/m0/s1. The van der Waals surface area contributed by atoms with Crippen LogP contribution in [0.5, 0.6) is 0 Å². The van der Waals surface area contributed by atoms with E-state index in [9.17, 15) is 0 Å². The molecule has 0 saturated carbocycles. The number of halogens is 1. The van der Waals surface area contributed by atoms with Gasteiger partial charge in [-0.05, 0) is 6.42 Å². The quantitative estimate of drug-likeness (QED) is 0.544. The van der Waals surface area contributed by atoms with Crippen LogP contribution < -0.4 is 11.1 Å². The Morgan fingerprint density at radius 2 is 2.31 bits per heavy atom. The lowest BCUT2D eigenvalue weighted by atomic mass is 10.1. The van der Waals surface area contributed by atoms with Crippen LogP contribution in [0.2, 0.25) is 5.15 Å². The van der Waals surface area contributed by atoms with Crippen LogP contribution in [-0.4, -0.2) is 27.7 Å². The van der Waals surface area contributed by atoms with Crippen molar-refractivity contribution < 1.29 is 5.11 Å². The lowest BCUT2D eigenvalue weighted by Crippen LogP contribution is -2.18. The maximum Gasteiger partial charge on any atom is 0.157 e. The Kier molecular flexibility index (Phi) is 3.26. The van der Waals surface area contributed by atoms with Crippen molar-refractivity contribution in [3.8, 4) is 0 Å². The molecule has 6 heteroatoms. The molecule has 0 amide bonds. The number of nitrogens with two attached hydrogens (primary N) is 1. The summed E-state index contributed by atoms with van der Waals surface area (Å²) in [4.78, 5) is 7.80. The van der Waals surface area contributed by atoms with Crippen LogP contribution in [0.3, 0.4) is 0 Å². The second-order valence-electron chi connectivity index (χ2n) is 3.74. The van der Waals surface area contributed by atoms with Crippen molar-refractivity contribution in [1.29, 1.82) is 0 Å². The van der Waals surface area contributed by atoms with Crippen molar-refractivity contribution in [2.75, 3.05) is 17.7 Å². The molecule has 1 aromatic rings. The number of aliphatic hydroxyl groups is 1. The van der Waals surface area contributed by atoms with E-state index in [0.717, 1.165) is 6.42 Å². The molecular formula is C10H13ClN4O. The normalized spacial score (nSPS) is 23.6. The fourth-order valence-electron chi connectivity index (χ4n) is 1.68. The average molecular weight is 241 g/mol. The first-order valence-corrected chi connectivity index (χ1v) is 5.40. The predicted octanol–water partition coefficient (Wildman–Crippen LogP) is 1.06. The van der Waals surface area contributed by atoms with Crippen LogP contribution in [-0.2, 0) is 0 Å². The smallest absolute Gasteiger partial charge is 0.157 e. The summed E-state index contributed by atoms with van der Waals surface area (Å²) < 4.78 is 0. The van der Waals surface area contributed by atoms with E-state index < -0.39 is 0 Å². The Morgan fingerprint density at radius 1 is 1.50 bits per heavy atom. The van der Waals surface area contributed by atoms with Gasteiger partial charge in [-0.2, -0.15) is 0 Å². The Labute approximate surface area is 98.4 Å². The highest BCUT2D eigenvalue weighted by atomic mass is 35.5. The third-order valence-electron chi connectivity index (χ3n) is 2.56. The number of nitrogens with zero attached hydrogens (tertiary/aromatic N) is 2. The minimum absolute atomic E-state index is 0.130. The highest BCUT2D eigenvalue weighted by molar-refractivity contribution is 6.32. The van der Waals surface area contributed by atoms with E-state index in [1.807, 2.05) is 12.2 Å². The van der Waals surface area contributed by atoms with Gasteiger partial charge in [-0.3, -0.25) is 0 Å². The number of hydrogen-bond donors (Lipinski definition) is 3. The Hall–Kier alpha value is -1.33. The minimum atomic E-state index is 0.130. The van der Waals surface area contributed by atoms with Crippen LogP contribution >= 0.6 is 11.6 Å². The average Bonchev–Trinajstić information content (AvgIpc) is 2.73. The van der Waals surface area contributed by atoms with Crippen LogP contribution in [0, 0.1) is 5.92 Å². The van der Waals surface area contributed by atoms with Crippen LogP contribution in [0.25, 0.3) is 0 Å². The number of aromatic nitrogens is 2. The first-order valence-electron chi connectivity index (χ1n) is 5.02. The molecule has 1 aliphatic rings. The molecule has 0 unspecified atom stereocenters. The lowest BCUT2D eigenvalue weighted by molar-refractivity contribution is 0.250. The molecule has 0 fully saturated rings. The number of nitrogen functional groups attached to an aromatic ring is 1. The van der Waals surface area contributed by atoms with E-state index in [0.29, 0.717) is 11.5 Å². The Morgan fingerprint density at radius 3 is 3.00 bits per heavy atom. The van der Waals surface area contributed by atoms with E-state index in [2.05, 4.69) is 15.3 Å². The highest BCUT2D eigenvalue weighted by Gasteiger charge is 2.19. The van der Waals surface area contributed by atoms with Gasteiger partial charge in [0, 0.05) is 18.6 Å². The summed E-state index contributed by atoms with van der Waals surface area (Å²) in [6.45, 7) is 0.161. The van der Waals surface area contributed by atoms with E-state index >= 15 is 0 Å². The van der Waals surface area contributed by atoms with E-state index in [-0.39, 0.29) is 23.7 Å². The molecule has 0 aromatic carbocycles. The van der Waals surface area contributed by atoms with Gasteiger partial charge >= 0.3 is 0 Å². The predicted molar refractivity (Wildman–Crippen MR) is 63.2 cm³/mol. The number of anilines is 2. The van der Waals surface area contributed by atoms with Gasteiger partial charge in [-0.1, -0.05) is 23.8 Å². The maximum atomic E-state index is 9.00. The zero-order chi connectivity index (χ0) is 11.5. The molecule has 2 rings (SSSR count). The molecule has 1 aliphatic carbocycles. The van der Waals surface area contributed by atoms with Crippen molar-refractivity contribution in [1.82, 2.24) is 9.97 Å². The maximum absolute atomic E-state index is 9.00. The number of aliphatic hydroxyl groups excluding tert-OH is 1. The molecule has 5 nitrogen and oxygen atoms in total. The second-order valence-corrected chi connectivity index (χ2v) is 4.10. The number of hydrogen-bond acceptors (Lipinski definition) is 5. The fraction of sp³-hybridized carbons (Fsp3) is 0.400. The topological polar surface area (TPSA) is 84.1 Å². The molecule has 4 N–H and O–H groups in total. The van der Waals surface area contributed by atoms with Gasteiger partial charge in [0.25, 0.3) is 0 Å². The largest absolute Gasteiger partial charge is 0.396 e. The number of nitrogens with one attached hydrogen (secondary N) is 1. The first kappa shape index (κ1) is 11.2. The molecule has 16 heavy (non-hydrogen) atoms. The summed E-state index contributed by atoms with van der Waals surface area (Å²) in [5.41, 5.74) is 6.09. The molecule has 0 spiro atoms. The van der Waals surface area contributed by atoms with Crippen LogP contribution in [0.1, 0.15) is 6.42 Å². The van der Waals surface area contributed by atoms with Crippen molar-refractivity contribution in [3.63, 3.8) is 0 Å². The summed E-state index contributed by atoms with van der Waals surface area (Å²) in [5, 5.41) is 12.4. The zero-order valence-corrected chi connectivity index (χ0v) is 9.35. The van der Waals surface area contributed by atoms with E-state index in [1.165, 1.54) is 6.33 Å². The molecule has 0 aliphatic heterocycles. The van der Waals surface area contributed by atoms with E-state index in [1.54, 1.807) is 0 Å². The molecule has 2 atom stereocenters. The van der Waals surface area contributed by atoms with Gasteiger partial charge in [0.1, 0.15) is 12.0 Å². The minimum Gasteiger partial charge on any atom is -0.396 e. The van der Waals surface area contributed by atoms with Crippen LogP contribution in [0.15, 0.2) is 18.5 Å². The summed E-state index contributed by atoms with van der Waals surface area (Å²) in [6, 6.07) is 0.130. The first-order chi connectivity index (χ1) is 7.70. The van der Waals surface area contributed by atoms with Crippen molar-refractivity contribution in [3.05, 3.63) is 23.6 Å². The summed E-state index contributed by atoms with van der Waals surface area (Å²) >= 11 is 5.78. The third-order valence-corrected chi connectivity index (χ3v) is 2.87. The van der Waals surface area contributed by atoms with Crippen molar-refractivity contribution in [2.45, 2.75) is 12.5 Å². The second kappa shape index (κ2) is 4.67. The third kappa shape index (κ3) is 2.25. The van der Waals surface area contributed by atoms with Crippen molar-refractivity contribution >= 4 is 23.1 Å². The molecular weight excluding hydrogens is 228 g/mol. The van der Waals surface area contributed by atoms with Gasteiger partial charge in [0.05, 0.1) is 0 Å². The molecule has 0 saturated heterocycles. The Balaban J connectivity index is 2.05. The van der Waals surface area contributed by atoms with Gasteiger partial charge in [0.15, 0.2) is 11.0 Å². The number of rotatable bonds is 3. The van der Waals surface area contributed by atoms with Gasteiger partial charge in [-0.25, -0.2) is 9.97 Å². The lowest BCUT2D eigenvalue weighted by Gasteiger charge is -2.14. The summed E-state index contributed by atoms with van der Waals surface area (Å²) in [5.74, 6) is 0.740. The van der Waals surface area contributed by atoms with Crippen LogP contribution in [0.4, 0.5) is 11.5 Å². The SMILES string of the molecule is Nc1c(Cl)ncnc1N[C@@H]1C=C[C@H](CO)C1. The molecule has 1 aromatic heterocycles. The van der Waals surface area contributed by atoms with Gasteiger partial charge < -0.3 is 16.2 Å². The summed E-state index contributed by atoms with van der Waals surface area (Å²) in [7, 11) is 0. The Bertz CT molecular complexity index is 410. The summed E-state index contributed by atoms with van der Waals surface area (Å²) in [6.07, 6.45) is 6.17. The molecule has 86 valence electrons. The molecule has 1 heterocycles. The molecule has 0 bridgehead atoms. The van der Waals surface area contributed by atoms with Crippen molar-refractivity contribution in [2.24, 2.45) is 5.92 Å². The fourth-order valence-corrected chi connectivity index (χ4v) is 1.81. The highest BCUT2D eigenvalue weighted by Crippen LogP contribution is 2.26. The molecule has 0 radical (unpaired) electrons. The monoisotopic (exact) mass is 240 g/mol. The zero-order valence-electron chi connectivity index (χ0n) is 8.60.